The van der Waals surface area contributed by atoms with Crippen molar-refractivity contribution in [3.8, 4) is 5.75 Å². The SMILES string of the molecule is COc1ccccc1NC(=N)OC(N)=O. The number of nitrogens with two attached hydrogens (primary N) is 1. The zero-order valence-electron chi connectivity index (χ0n) is 8.11. The van der Waals surface area contributed by atoms with Gasteiger partial charge in [-0.05, 0) is 12.1 Å². The Kier molecular flexibility index (Phi) is 3.50. The number of nitrogens with one attached hydrogen (secondary N) is 2. The molecule has 0 aliphatic carbocycles. The zero-order chi connectivity index (χ0) is 11.3. The van der Waals surface area contributed by atoms with Gasteiger partial charge in [0, 0.05) is 0 Å². The lowest BCUT2D eigenvalue weighted by atomic mass is 10.3. The summed E-state index contributed by atoms with van der Waals surface area (Å²) in [6.07, 6.45) is -1.04. The van der Waals surface area contributed by atoms with Gasteiger partial charge in [0.15, 0.2) is 0 Å². The van der Waals surface area contributed by atoms with Gasteiger partial charge in [0.25, 0.3) is 6.02 Å². The Bertz CT molecular complexity index is 379. The number of carbonyl (C=O) groups is 1. The monoisotopic (exact) mass is 209 g/mol. The number of carbonyl (C=O) groups excluding carboxylic acids is 1. The third-order valence-electron chi connectivity index (χ3n) is 1.56. The van der Waals surface area contributed by atoms with Crippen molar-refractivity contribution in [2.75, 3.05) is 12.4 Å². The predicted octanol–water partition coefficient (Wildman–Crippen LogP) is 1.14. The molecule has 0 bridgehead atoms. The van der Waals surface area contributed by atoms with Crippen molar-refractivity contribution in [2.24, 2.45) is 5.73 Å². The molecule has 1 aromatic rings. The van der Waals surface area contributed by atoms with E-state index in [1.54, 1.807) is 24.3 Å². The number of amidine groups is 1. The van der Waals surface area contributed by atoms with E-state index in [4.69, 9.17) is 15.9 Å². The van der Waals surface area contributed by atoms with Gasteiger partial charge < -0.3 is 20.5 Å². The van der Waals surface area contributed by atoms with Gasteiger partial charge in [-0.3, -0.25) is 5.41 Å². The number of anilines is 1. The summed E-state index contributed by atoms with van der Waals surface area (Å²) < 4.78 is 9.33. The first kappa shape index (κ1) is 10.8. The maximum absolute atomic E-state index is 10.3. The maximum atomic E-state index is 10.3. The van der Waals surface area contributed by atoms with Crippen molar-refractivity contribution < 1.29 is 14.3 Å². The van der Waals surface area contributed by atoms with E-state index in [9.17, 15) is 4.79 Å². The number of methoxy groups -OCH3 is 1. The highest BCUT2D eigenvalue weighted by molar-refractivity contribution is 5.94. The fourth-order valence-electron chi connectivity index (χ4n) is 0.996. The minimum absolute atomic E-state index is 0.452. The lowest BCUT2D eigenvalue weighted by Gasteiger charge is -2.10. The van der Waals surface area contributed by atoms with Crippen LogP contribution in [0.3, 0.4) is 0 Å². The highest BCUT2D eigenvalue weighted by Crippen LogP contribution is 2.22. The number of para-hydroxylation sites is 2. The number of primary amides is 1. The third-order valence-corrected chi connectivity index (χ3v) is 1.56. The van der Waals surface area contributed by atoms with E-state index < -0.39 is 12.1 Å². The van der Waals surface area contributed by atoms with Crippen LogP contribution in [-0.4, -0.2) is 19.2 Å². The lowest BCUT2D eigenvalue weighted by molar-refractivity contribution is 0.207. The largest absolute Gasteiger partial charge is 0.495 e. The van der Waals surface area contributed by atoms with Crippen LogP contribution in [0, 0.1) is 5.41 Å². The number of amides is 1. The molecule has 0 radical (unpaired) electrons. The standard InChI is InChI=1S/C9H11N3O3/c1-14-7-5-3-2-4-6(7)12-8(10)15-9(11)13/h2-5H,1H3,(H2,10,12)(H2,11,13). The third kappa shape index (κ3) is 3.18. The van der Waals surface area contributed by atoms with Crippen molar-refractivity contribution >= 4 is 17.8 Å². The first-order chi connectivity index (χ1) is 7.13. The van der Waals surface area contributed by atoms with Gasteiger partial charge in [-0.25, -0.2) is 4.79 Å². The zero-order valence-corrected chi connectivity index (χ0v) is 8.11. The van der Waals surface area contributed by atoms with Crippen LogP contribution in [0.15, 0.2) is 24.3 Å². The molecule has 6 heteroatoms. The summed E-state index contributed by atoms with van der Waals surface area (Å²) in [6.45, 7) is 0. The molecule has 1 amide bonds. The van der Waals surface area contributed by atoms with Gasteiger partial charge in [-0.1, -0.05) is 12.1 Å². The molecule has 0 fully saturated rings. The fourth-order valence-corrected chi connectivity index (χ4v) is 0.996. The summed E-state index contributed by atoms with van der Waals surface area (Å²) in [6, 6.07) is 6.47. The molecule has 80 valence electrons. The van der Waals surface area contributed by atoms with Gasteiger partial charge in [-0.2, -0.15) is 0 Å². The van der Waals surface area contributed by atoms with Crippen molar-refractivity contribution in [3.63, 3.8) is 0 Å². The molecule has 0 saturated carbocycles. The quantitative estimate of drug-likeness (QED) is 0.502. The average molecular weight is 209 g/mol. The number of benzene rings is 1. The van der Waals surface area contributed by atoms with Crippen LogP contribution >= 0.6 is 0 Å². The van der Waals surface area contributed by atoms with Gasteiger partial charge in [-0.15, -0.1) is 0 Å². The molecular weight excluding hydrogens is 198 g/mol. The molecule has 15 heavy (non-hydrogen) atoms. The Morgan fingerprint density at radius 3 is 2.73 bits per heavy atom. The van der Waals surface area contributed by atoms with E-state index in [0.717, 1.165) is 0 Å². The van der Waals surface area contributed by atoms with Crippen molar-refractivity contribution in [3.05, 3.63) is 24.3 Å². The minimum atomic E-state index is -1.04. The minimum Gasteiger partial charge on any atom is -0.495 e. The number of rotatable bonds is 2. The average Bonchev–Trinajstić information content (AvgIpc) is 2.17. The van der Waals surface area contributed by atoms with Crippen LogP contribution in [0.1, 0.15) is 0 Å². The summed E-state index contributed by atoms with van der Waals surface area (Å²) >= 11 is 0. The number of hydrogen-bond donors (Lipinski definition) is 3. The molecule has 0 spiro atoms. The van der Waals surface area contributed by atoms with E-state index in [-0.39, 0.29) is 0 Å². The highest BCUT2D eigenvalue weighted by atomic mass is 16.6. The van der Waals surface area contributed by atoms with Crippen LogP contribution < -0.4 is 15.8 Å². The molecule has 4 N–H and O–H groups in total. The van der Waals surface area contributed by atoms with Crippen LogP contribution in [0.4, 0.5) is 10.5 Å². The molecule has 0 heterocycles. The van der Waals surface area contributed by atoms with Crippen molar-refractivity contribution in [1.82, 2.24) is 0 Å². The van der Waals surface area contributed by atoms with Gasteiger partial charge in [0.2, 0.25) is 0 Å². The number of hydrogen-bond acceptors (Lipinski definition) is 4. The number of ether oxygens (including phenoxy) is 2. The van der Waals surface area contributed by atoms with E-state index in [1.807, 2.05) is 0 Å². The maximum Gasteiger partial charge on any atom is 0.412 e. The Labute approximate surface area is 86.5 Å². The molecule has 0 aromatic heterocycles. The van der Waals surface area contributed by atoms with Crippen LogP contribution in [0.5, 0.6) is 5.75 Å². The van der Waals surface area contributed by atoms with Gasteiger partial charge in [0.05, 0.1) is 12.8 Å². The van der Waals surface area contributed by atoms with Crippen LogP contribution in [0.2, 0.25) is 0 Å². The van der Waals surface area contributed by atoms with E-state index in [0.29, 0.717) is 11.4 Å². The smallest absolute Gasteiger partial charge is 0.412 e. The fraction of sp³-hybridized carbons (Fsp3) is 0.111. The lowest BCUT2D eigenvalue weighted by Crippen LogP contribution is -2.23. The van der Waals surface area contributed by atoms with Gasteiger partial charge >= 0.3 is 6.09 Å². The van der Waals surface area contributed by atoms with Crippen LogP contribution in [-0.2, 0) is 4.74 Å². The molecule has 0 atom stereocenters. The summed E-state index contributed by atoms with van der Waals surface area (Å²) in [4.78, 5) is 10.3. The molecule has 6 nitrogen and oxygen atoms in total. The topological polar surface area (TPSA) is 97.4 Å². The molecule has 0 aliphatic rings. The molecular formula is C9H11N3O3. The molecule has 1 aromatic carbocycles. The van der Waals surface area contributed by atoms with E-state index in [1.165, 1.54) is 7.11 Å². The first-order valence-corrected chi connectivity index (χ1v) is 4.09. The Morgan fingerprint density at radius 2 is 2.13 bits per heavy atom. The van der Waals surface area contributed by atoms with Crippen molar-refractivity contribution in [1.29, 1.82) is 5.41 Å². The molecule has 0 aliphatic heterocycles. The molecule has 0 unspecified atom stereocenters. The Morgan fingerprint density at radius 1 is 1.47 bits per heavy atom. The second kappa shape index (κ2) is 4.85. The van der Waals surface area contributed by atoms with Crippen molar-refractivity contribution in [2.45, 2.75) is 0 Å². The Balaban J connectivity index is 2.71. The summed E-state index contributed by atoms with van der Waals surface area (Å²) in [5, 5.41) is 9.77. The predicted molar refractivity (Wildman–Crippen MR) is 55.0 cm³/mol. The van der Waals surface area contributed by atoms with E-state index >= 15 is 0 Å². The summed E-state index contributed by atoms with van der Waals surface area (Å²) in [5.41, 5.74) is 5.26. The van der Waals surface area contributed by atoms with Gasteiger partial charge in [0.1, 0.15) is 5.75 Å². The normalized spacial score (nSPS) is 9.13. The second-order valence-corrected chi connectivity index (χ2v) is 2.58. The first-order valence-electron chi connectivity index (χ1n) is 4.09. The summed E-state index contributed by atoms with van der Waals surface area (Å²) in [5.74, 6) is 0.537. The van der Waals surface area contributed by atoms with Crippen LogP contribution in [0.25, 0.3) is 0 Å². The van der Waals surface area contributed by atoms with E-state index in [2.05, 4.69) is 10.1 Å². The highest BCUT2D eigenvalue weighted by Gasteiger charge is 2.06. The molecule has 1 rings (SSSR count). The molecule has 0 saturated heterocycles. The summed E-state index contributed by atoms with van der Waals surface area (Å²) in [7, 11) is 1.50. The second-order valence-electron chi connectivity index (χ2n) is 2.58. The Hall–Kier alpha value is -2.24.